The lowest BCUT2D eigenvalue weighted by molar-refractivity contribution is -0.395. The van der Waals surface area contributed by atoms with E-state index in [9.17, 15) is 133 Å². The van der Waals surface area contributed by atoms with Gasteiger partial charge >= 0.3 is 0 Å². The summed E-state index contributed by atoms with van der Waals surface area (Å²) >= 11 is 0. The van der Waals surface area contributed by atoms with E-state index in [1.54, 1.807) is 0 Å². The summed E-state index contributed by atoms with van der Waals surface area (Å²) in [5.41, 5.74) is 0. The minimum Gasteiger partial charge on any atom is -0.394 e. The lowest BCUT2D eigenvalue weighted by Crippen LogP contribution is -2.68. The molecular weight excluding hydrogens is 1230 g/mol. The van der Waals surface area contributed by atoms with Crippen molar-refractivity contribution in [2.45, 2.75) is 246 Å². The summed E-state index contributed by atoms with van der Waals surface area (Å²) in [5, 5.41) is 277. The molecule has 0 amide bonds. The van der Waals surface area contributed by atoms with E-state index in [-0.39, 0.29) is 0 Å². The molecule has 0 aliphatic carbocycles. The molecule has 0 aromatic rings. The molecule has 8 aliphatic heterocycles. The van der Waals surface area contributed by atoms with Gasteiger partial charge < -0.3 is 204 Å². The summed E-state index contributed by atoms with van der Waals surface area (Å²) < 4.78 is 84.0. The van der Waals surface area contributed by atoms with Gasteiger partial charge in [-0.2, -0.15) is 0 Å². The first-order valence-corrected chi connectivity index (χ1v) is 28.2. The van der Waals surface area contributed by atoms with Gasteiger partial charge in [-0.25, -0.2) is 0 Å². The molecule has 520 valence electrons. The molecule has 40 atom stereocenters. The van der Waals surface area contributed by atoms with Crippen molar-refractivity contribution in [1.82, 2.24) is 0 Å². The average molecular weight is 1320 g/mol. The van der Waals surface area contributed by atoms with Gasteiger partial charge in [0.25, 0.3) is 0 Å². The van der Waals surface area contributed by atoms with E-state index in [0.717, 1.165) is 0 Å². The van der Waals surface area contributed by atoms with E-state index in [4.69, 9.17) is 71.1 Å². The Hall–Kier alpha value is -1.64. The van der Waals surface area contributed by atoms with Crippen molar-refractivity contribution < 1.29 is 204 Å². The number of hydrogen-bond acceptors (Lipinski definition) is 41. The predicted octanol–water partition coefficient (Wildman–Crippen LogP) is -18.5. The molecule has 41 heteroatoms. The number of aliphatic hydroxyl groups excluding tert-OH is 26. The monoisotopic (exact) mass is 1310 g/mol. The van der Waals surface area contributed by atoms with Crippen molar-refractivity contribution in [1.29, 1.82) is 0 Å². The lowest BCUT2D eigenvalue weighted by atomic mass is 9.95. The van der Waals surface area contributed by atoms with Crippen LogP contribution in [0.25, 0.3) is 0 Å². The Labute approximate surface area is 501 Å². The average Bonchev–Trinajstić information content (AvgIpc) is 1.54. The number of ether oxygens (including phenoxy) is 15. The summed E-state index contributed by atoms with van der Waals surface area (Å²) in [4.78, 5) is 0. The molecule has 1 unspecified atom stereocenters. The topological polar surface area (TPSA) is 664 Å². The van der Waals surface area contributed by atoms with Crippen molar-refractivity contribution in [3.63, 3.8) is 0 Å². The van der Waals surface area contributed by atoms with E-state index >= 15 is 0 Å². The molecular formula is C48H82O41. The number of hydrogen-bond donors (Lipinski definition) is 26. The third-order valence-electron chi connectivity index (χ3n) is 16.6. The minimum absolute atomic E-state index is 0.861. The van der Waals surface area contributed by atoms with Gasteiger partial charge in [-0.15, -0.1) is 0 Å². The molecule has 0 radical (unpaired) electrons. The van der Waals surface area contributed by atoms with Crippen molar-refractivity contribution in [3.8, 4) is 0 Å². The van der Waals surface area contributed by atoms with Crippen LogP contribution >= 0.6 is 0 Å². The van der Waals surface area contributed by atoms with Crippen LogP contribution in [-0.2, 0) is 71.1 Å². The smallest absolute Gasteiger partial charge is 0.187 e. The molecule has 26 N–H and O–H groups in total. The highest BCUT2D eigenvalue weighted by Gasteiger charge is 2.59. The van der Waals surface area contributed by atoms with Crippen molar-refractivity contribution >= 4 is 0 Å². The fraction of sp³-hybridized carbons (Fsp3) is 1.00. The second kappa shape index (κ2) is 31.5. The molecule has 0 bridgehead atoms. The maximum Gasteiger partial charge on any atom is 0.187 e. The summed E-state index contributed by atoms with van der Waals surface area (Å²) in [6, 6.07) is 0. The molecule has 8 saturated heterocycles. The normalized spacial score (nSPS) is 53.6. The first kappa shape index (κ1) is 73.2. The molecule has 0 aromatic carbocycles. The molecule has 41 nitrogen and oxygen atoms in total. The summed E-state index contributed by atoms with van der Waals surface area (Å²) in [7, 11) is 0. The summed E-state index contributed by atoms with van der Waals surface area (Å²) in [6.07, 6.45) is -79.4. The number of aliphatic hydroxyl groups is 26. The fourth-order valence-corrected chi connectivity index (χ4v) is 11.4. The van der Waals surface area contributed by atoms with Gasteiger partial charge in [0, 0.05) is 0 Å². The SMILES string of the molecule is OC[C@H]1O[C@H](O[C@H]2[C@H](O)[C@@H](O)[C@@H](O[C@H]3[C@H](O)[C@@H](O)[C@@H](O[C@H]4[C@H](O)[C@@H](O)[C@@H](OC[C@H]5O[C@H](O[C@H]6[C@H](O)[C@@H](O)[C@@H](O[C@H]7[C@H](O)[C@@H](O)C(O)O[C@@H]7CO)O[C@@H]6CO)[C@H](O)[C@@H](O)[C@@H]5O[C@H]5O[C@H](CO)[C@@H](O)[C@H](O)[C@H]5O)O[C@@H]4CO)O[C@@H]3CO)O[C@@H]2CO)[C@H](O)[C@@H](O)[C@@H]1O. The predicted molar refractivity (Wildman–Crippen MR) is 264 cm³/mol. The highest BCUT2D eigenvalue weighted by atomic mass is 16.8. The van der Waals surface area contributed by atoms with Gasteiger partial charge in [-0.3, -0.25) is 0 Å². The Kier molecular flexibility index (Phi) is 25.9. The zero-order valence-electron chi connectivity index (χ0n) is 46.5. The Morgan fingerprint density at radius 2 is 0.393 bits per heavy atom. The third kappa shape index (κ3) is 15.2. The van der Waals surface area contributed by atoms with Crippen LogP contribution in [0.1, 0.15) is 0 Å². The highest BCUT2D eigenvalue weighted by molar-refractivity contribution is 5.01. The van der Waals surface area contributed by atoms with Crippen molar-refractivity contribution in [3.05, 3.63) is 0 Å². The standard InChI is InChI=1S/C48H82O41/c49-1-9-17(56)19(58)28(67)43(77-9)85-37-13(5-53)81-47(32(71)23(37)62)87-38-14(6-54)82-46(33(72)24(38)63)86-36-12(4-52)79-42(30(69)22(36)61)75-8-16-40(89-44-29(68)20(59)18(57)10(2-50)78-44)26(65)34(73)48(83-16)88-39-15(7-55)80-45(31(70)25(39)64)84-35-11(3-51)76-41(74)27(66)21(35)60/h9-74H,1-8H2/t9-,10-,11-,12-,13-,14-,15-,16-,17-,18-,19+,20+,21-,22-,23-,24-,25-,26-,27-,28-,29-,30-,31-,32-,33-,34-,35-,36-,37-,38-,39-,40-,41?,42+,43-,44-,45-,46-,47-,48-/m1/s1. The Balaban J connectivity index is 0.932. The molecule has 8 fully saturated rings. The van der Waals surface area contributed by atoms with Crippen LogP contribution in [0.3, 0.4) is 0 Å². The fourth-order valence-electron chi connectivity index (χ4n) is 11.4. The van der Waals surface area contributed by atoms with Gasteiger partial charge in [0.15, 0.2) is 50.3 Å². The quantitative estimate of drug-likeness (QED) is 0.0479. The largest absolute Gasteiger partial charge is 0.394 e. The zero-order chi connectivity index (χ0) is 65.4. The molecule has 0 spiro atoms. The molecule has 0 aromatic heterocycles. The van der Waals surface area contributed by atoms with E-state index in [2.05, 4.69) is 0 Å². The van der Waals surface area contributed by atoms with Gasteiger partial charge in [-0.05, 0) is 0 Å². The second-order valence-corrected chi connectivity index (χ2v) is 22.4. The molecule has 89 heavy (non-hydrogen) atoms. The maximum absolute atomic E-state index is 11.6. The van der Waals surface area contributed by atoms with Crippen molar-refractivity contribution in [2.75, 3.05) is 52.9 Å². The molecule has 8 aliphatic rings. The van der Waals surface area contributed by atoms with Crippen LogP contribution in [0.15, 0.2) is 0 Å². The van der Waals surface area contributed by atoms with Crippen LogP contribution < -0.4 is 0 Å². The highest BCUT2D eigenvalue weighted by Crippen LogP contribution is 2.38. The molecule has 8 rings (SSSR count). The van der Waals surface area contributed by atoms with Crippen LogP contribution in [-0.4, -0.2) is 431 Å². The third-order valence-corrected chi connectivity index (χ3v) is 16.6. The Morgan fingerprint density at radius 1 is 0.191 bits per heavy atom. The second-order valence-electron chi connectivity index (χ2n) is 22.4. The first-order chi connectivity index (χ1) is 42.2. The van der Waals surface area contributed by atoms with Crippen molar-refractivity contribution in [2.24, 2.45) is 0 Å². The van der Waals surface area contributed by atoms with Gasteiger partial charge in [0.2, 0.25) is 0 Å². The minimum atomic E-state index is -2.31. The summed E-state index contributed by atoms with van der Waals surface area (Å²) in [5.74, 6) is 0. The Morgan fingerprint density at radius 3 is 0.674 bits per heavy atom. The van der Waals surface area contributed by atoms with Gasteiger partial charge in [-0.1, -0.05) is 0 Å². The van der Waals surface area contributed by atoms with Gasteiger partial charge in [0.1, 0.15) is 195 Å². The Bertz CT molecular complexity index is 2120. The van der Waals surface area contributed by atoms with Crippen LogP contribution in [0.2, 0.25) is 0 Å². The maximum atomic E-state index is 11.6. The molecule has 8 heterocycles. The van der Waals surface area contributed by atoms with E-state index in [1.165, 1.54) is 0 Å². The lowest BCUT2D eigenvalue weighted by Gasteiger charge is -2.49. The van der Waals surface area contributed by atoms with Crippen LogP contribution in [0.4, 0.5) is 0 Å². The zero-order valence-corrected chi connectivity index (χ0v) is 46.5. The van der Waals surface area contributed by atoms with E-state index < -0.39 is 299 Å². The van der Waals surface area contributed by atoms with Gasteiger partial charge in [0.05, 0.1) is 52.9 Å². The first-order valence-electron chi connectivity index (χ1n) is 28.2. The molecule has 0 saturated carbocycles. The number of rotatable bonds is 22. The van der Waals surface area contributed by atoms with Crippen LogP contribution in [0, 0.1) is 0 Å². The van der Waals surface area contributed by atoms with Crippen LogP contribution in [0.5, 0.6) is 0 Å². The summed E-state index contributed by atoms with van der Waals surface area (Å²) in [6.45, 7) is -8.05. The van der Waals surface area contributed by atoms with E-state index in [0.29, 0.717) is 0 Å². The van der Waals surface area contributed by atoms with E-state index in [1.807, 2.05) is 0 Å².